The van der Waals surface area contributed by atoms with Gasteiger partial charge >= 0.3 is 0 Å². The van der Waals surface area contributed by atoms with Gasteiger partial charge in [0.25, 0.3) is 0 Å². The Hall–Kier alpha value is -3.29. The Morgan fingerprint density at radius 2 is 1.52 bits per heavy atom. The smallest absolute Gasteiger partial charge is 0.147 e. The lowest BCUT2D eigenvalue weighted by Crippen LogP contribution is -2.01. The van der Waals surface area contributed by atoms with Gasteiger partial charge in [-0.25, -0.2) is 4.39 Å². The van der Waals surface area contributed by atoms with Crippen LogP contribution in [-0.2, 0) is 0 Å². The molecule has 154 valence electrons. The second-order valence-electron chi connectivity index (χ2n) is 8.40. The van der Waals surface area contributed by atoms with Crippen LogP contribution in [0, 0.1) is 36.4 Å². The summed E-state index contributed by atoms with van der Waals surface area (Å²) < 4.78 is 15.7. The Balaban J connectivity index is 1.74. The summed E-state index contributed by atoms with van der Waals surface area (Å²) in [5, 5.41) is 0. The Labute approximate surface area is 185 Å². The molecule has 0 unspecified atom stereocenters. The van der Waals surface area contributed by atoms with E-state index in [0.29, 0.717) is 11.1 Å². The van der Waals surface area contributed by atoms with Gasteiger partial charge in [0.15, 0.2) is 0 Å². The van der Waals surface area contributed by atoms with Gasteiger partial charge in [0, 0.05) is 22.3 Å². The molecule has 0 amide bonds. The largest absolute Gasteiger partial charge is 0.205 e. The molecule has 0 atom stereocenters. The molecule has 31 heavy (non-hydrogen) atoms. The zero-order chi connectivity index (χ0) is 21.6. The number of rotatable bonds is 1. The number of allylic oxidation sites excluding steroid dienone is 6. The SMILES string of the molecule is CC1=CC=C(C#Cc2ccc(C#Cc3ccc(C)cc3)c(C3=CCCCC3)c2F)CC1. The highest BCUT2D eigenvalue weighted by Gasteiger charge is 2.17. The fraction of sp³-hybridized carbons (Fsp3) is 0.267. The maximum atomic E-state index is 15.7. The molecule has 2 aromatic rings. The average Bonchev–Trinajstić information content (AvgIpc) is 2.80. The van der Waals surface area contributed by atoms with Crippen LogP contribution in [0.25, 0.3) is 5.57 Å². The van der Waals surface area contributed by atoms with Crippen LogP contribution < -0.4 is 0 Å². The number of halogens is 1. The lowest BCUT2D eigenvalue weighted by Gasteiger charge is -2.16. The molecule has 0 fully saturated rings. The molecule has 0 bridgehead atoms. The zero-order valence-corrected chi connectivity index (χ0v) is 18.3. The topological polar surface area (TPSA) is 0 Å². The van der Waals surface area contributed by atoms with Gasteiger partial charge in [0.1, 0.15) is 5.82 Å². The van der Waals surface area contributed by atoms with E-state index >= 15 is 4.39 Å². The van der Waals surface area contributed by atoms with Gasteiger partial charge in [-0.2, -0.15) is 0 Å². The molecule has 0 N–H and O–H groups in total. The van der Waals surface area contributed by atoms with Crippen molar-refractivity contribution in [3.8, 4) is 23.7 Å². The summed E-state index contributed by atoms with van der Waals surface area (Å²) in [6, 6.07) is 11.8. The maximum Gasteiger partial charge on any atom is 0.147 e. The van der Waals surface area contributed by atoms with Crippen LogP contribution in [0.4, 0.5) is 4.39 Å². The van der Waals surface area contributed by atoms with Crippen LogP contribution in [-0.4, -0.2) is 0 Å². The van der Waals surface area contributed by atoms with Crippen LogP contribution >= 0.6 is 0 Å². The minimum atomic E-state index is -0.237. The van der Waals surface area contributed by atoms with Gasteiger partial charge in [-0.15, -0.1) is 0 Å². The first-order chi connectivity index (χ1) is 15.1. The monoisotopic (exact) mass is 406 g/mol. The minimum absolute atomic E-state index is 0.237. The van der Waals surface area contributed by atoms with Crippen molar-refractivity contribution in [2.45, 2.75) is 52.4 Å². The van der Waals surface area contributed by atoms with E-state index in [-0.39, 0.29) is 5.82 Å². The first kappa shape index (κ1) is 21.0. The molecule has 0 spiro atoms. The summed E-state index contributed by atoms with van der Waals surface area (Å²) in [4.78, 5) is 0. The fourth-order valence-electron chi connectivity index (χ4n) is 3.93. The molecule has 2 aliphatic rings. The van der Waals surface area contributed by atoms with Crippen molar-refractivity contribution in [2.24, 2.45) is 0 Å². The minimum Gasteiger partial charge on any atom is -0.205 e. The first-order valence-electron chi connectivity index (χ1n) is 11.1. The molecule has 0 nitrogen and oxygen atoms in total. The van der Waals surface area contributed by atoms with E-state index in [1.165, 1.54) is 11.1 Å². The predicted molar refractivity (Wildman–Crippen MR) is 128 cm³/mol. The Morgan fingerprint density at radius 3 is 2.23 bits per heavy atom. The summed E-state index contributed by atoms with van der Waals surface area (Å²) in [5.74, 6) is 12.5. The van der Waals surface area contributed by atoms with E-state index in [9.17, 15) is 0 Å². The molecule has 4 rings (SSSR count). The second kappa shape index (κ2) is 9.68. The fourth-order valence-corrected chi connectivity index (χ4v) is 3.93. The third-order valence-electron chi connectivity index (χ3n) is 5.86. The van der Waals surface area contributed by atoms with Crippen molar-refractivity contribution in [1.82, 2.24) is 0 Å². The number of hydrogen-bond acceptors (Lipinski definition) is 0. The summed E-state index contributed by atoms with van der Waals surface area (Å²) in [6.07, 6.45) is 12.4. The Bertz CT molecular complexity index is 1200. The quantitative estimate of drug-likeness (QED) is 0.430. The number of aryl methyl sites for hydroxylation is 1. The van der Waals surface area contributed by atoms with Crippen molar-refractivity contribution in [3.63, 3.8) is 0 Å². The molecule has 0 radical (unpaired) electrons. The lowest BCUT2D eigenvalue weighted by atomic mass is 9.89. The summed E-state index contributed by atoms with van der Waals surface area (Å²) in [7, 11) is 0. The van der Waals surface area contributed by atoms with Crippen LogP contribution in [0.2, 0.25) is 0 Å². The van der Waals surface area contributed by atoms with Crippen LogP contribution in [0.3, 0.4) is 0 Å². The van der Waals surface area contributed by atoms with E-state index in [0.717, 1.165) is 60.8 Å². The highest BCUT2D eigenvalue weighted by atomic mass is 19.1. The first-order valence-corrected chi connectivity index (χ1v) is 11.1. The van der Waals surface area contributed by atoms with Gasteiger partial charge in [0.05, 0.1) is 5.56 Å². The van der Waals surface area contributed by atoms with Gasteiger partial charge in [-0.1, -0.05) is 65.2 Å². The third-order valence-corrected chi connectivity index (χ3v) is 5.86. The summed E-state index contributed by atoms with van der Waals surface area (Å²) >= 11 is 0. The average molecular weight is 407 g/mol. The highest BCUT2D eigenvalue weighted by Crippen LogP contribution is 2.32. The normalized spacial score (nSPS) is 15.5. The summed E-state index contributed by atoms with van der Waals surface area (Å²) in [5.41, 5.74) is 7.46. The lowest BCUT2D eigenvalue weighted by molar-refractivity contribution is 0.616. The van der Waals surface area contributed by atoms with Crippen molar-refractivity contribution >= 4 is 5.57 Å². The van der Waals surface area contributed by atoms with E-state index in [1.54, 1.807) is 6.07 Å². The van der Waals surface area contributed by atoms with Crippen molar-refractivity contribution < 1.29 is 4.39 Å². The zero-order valence-electron chi connectivity index (χ0n) is 18.3. The predicted octanol–water partition coefficient (Wildman–Crippen LogP) is 7.51. The van der Waals surface area contributed by atoms with Gasteiger partial charge in [-0.05, 0) is 82.2 Å². The molecule has 0 aromatic heterocycles. The van der Waals surface area contributed by atoms with Gasteiger partial charge in [0.2, 0.25) is 0 Å². The summed E-state index contributed by atoms with van der Waals surface area (Å²) in [6.45, 7) is 4.18. The molecule has 0 aliphatic heterocycles. The Kier molecular flexibility index (Phi) is 6.54. The van der Waals surface area contributed by atoms with Crippen LogP contribution in [0.5, 0.6) is 0 Å². The van der Waals surface area contributed by atoms with Crippen molar-refractivity contribution in [1.29, 1.82) is 0 Å². The van der Waals surface area contributed by atoms with E-state index in [1.807, 2.05) is 30.3 Å². The molecular formula is C30H27F. The molecule has 0 saturated heterocycles. The van der Waals surface area contributed by atoms with Crippen LogP contribution in [0.1, 0.15) is 73.3 Å². The van der Waals surface area contributed by atoms with Crippen molar-refractivity contribution in [2.75, 3.05) is 0 Å². The Morgan fingerprint density at radius 1 is 0.742 bits per heavy atom. The standard InChI is InChI=1S/C30H27F/c1-22-8-12-24(13-9-22)16-18-27-20-21-28(19-17-25-14-10-23(2)11-15-25)30(31)29(27)26-6-4-3-5-7-26/h6,8-10,12-14,20-21H,3-5,7,11,15H2,1-2H3. The van der Waals surface area contributed by atoms with Gasteiger partial charge < -0.3 is 0 Å². The molecule has 2 aliphatic carbocycles. The van der Waals surface area contributed by atoms with E-state index < -0.39 is 0 Å². The maximum absolute atomic E-state index is 15.7. The molecule has 0 saturated carbocycles. The van der Waals surface area contributed by atoms with Crippen molar-refractivity contribution in [3.05, 3.63) is 99.4 Å². The van der Waals surface area contributed by atoms with Gasteiger partial charge in [-0.3, -0.25) is 0 Å². The highest BCUT2D eigenvalue weighted by molar-refractivity contribution is 5.74. The second-order valence-corrected chi connectivity index (χ2v) is 8.40. The van der Waals surface area contributed by atoms with Crippen LogP contribution in [0.15, 0.2) is 65.8 Å². The molecule has 0 heterocycles. The molecule has 2 aromatic carbocycles. The number of hydrogen-bond donors (Lipinski definition) is 0. The number of benzene rings is 2. The van der Waals surface area contributed by atoms with E-state index in [2.05, 4.69) is 55.8 Å². The molecular weight excluding hydrogens is 379 g/mol. The molecule has 1 heteroatoms. The third kappa shape index (κ3) is 5.25. The van der Waals surface area contributed by atoms with E-state index in [4.69, 9.17) is 0 Å².